The second kappa shape index (κ2) is 7.66. The first kappa shape index (κ1) is 16.1. The van der Waals surface area contributed by atoms with Crippen molar-refractivity contribution in [1.29, 1.82) is 0 Å². The summed E-state index contributed by atoms with van der Waals surface area (Å²) in [6, 6.07) is 6.26. The van der Waals surface area contributed by atoms with Gasteiger partial charge in [-0.1, -0.05) is 13.0 Å². The molecule has 0 amide bonds. The highest BCUT2D eigenvalue weighted by atomic mass is 16.5. The first-order valence-electron chi connectivity index (χ1n) is 7.87. The van der Waals surface area contributed by atoms with Gasteiger partial charge < -0.3 is 20.1 Å². The van der Waals surface area contributed by atoms with Crippen molar-refractivity contribution in [2.24, 2.45) is 5.73 Å². The molecule has 1 aliphatic rings. The molecule has 4 nitrogen and oxygen atoms in total. The number of hydrogen-bond donors (Lipinski definition) is 1. The minimum atomic E-state index is 0.294. The summed E-state index contributed by atoms with van der Waals surface area (Å²) >= 11 is 0. The summed E-state index contributed by atoms with van der Waals surface area (Å²) in [5, 5.41) is 0. The van der Waals surface area contributed by atoms with Gasteiger partial charge in [0.15, 0.2) is 11.5 Å². The summed E-state index contributed by atoms with van der Waals surface area (Å²) in [5.74, 6) is 2.13. The van der Waals surface area contributed by atoms with E-state index in [1.165, 1.54) is 5.56 Å². The van der Waals surface area contributed by atoms with Gasteiger partial charge in [0.05, 0.1) is 7.11 Å². The molecule has 1 aliphatic heterocycles. The third-order valence-corrected chi connectivity index (χ3v) is 4.32. The predicted molar refractivity (Wildman–Crippen MR) is 86.2 cm³/mol. The topological polar surface area (TPSA) is 47.7 Å². The van der Waals surface area contributed by atoms with Crippen molar-refractivity contribution >= 4 is 0 Å². The number of likely N-dealkylation sites (tertiary alicyclic amines) is 1. The maximum Gasteiger partial charge on any atom is 0.161 e. The molecule has 1 unspecified atom stereocenters. The summed E-state index contributed by atoms with van der Waals surface area (Å²) in [5.41, 5.74) is 6.90. The lowest BCUT2D eigenvalue weighted by Crippen LogP contribution is -2.35. The van der Waals surface area contributed by atoms with E-state index in [0.717, 1.165) is 43.9 Å². The lowest BCUT2D eigenvalue weighted by atomic mass is 9.97. The van der Waals surface area contributed by atoms with E-state index in [4.69, 9.17) is 15.2 Å². The van der Waals surface area contributed by atoms with Gasteiger partial charge in [-0.05, 0) is 56.5 Å². The number of nitrogens with two attached hydrogens (primary N) is 1. The zero-order valence-electron chi connectivity index (χ0n) is 13.5. The van der Waals surface area contributed by atoms with Crippen LogP contribution < -0.4 is 15.2 Å². The summed E-state index contributed by atoms with van der Waals surface area (Å²) in [6.45, 7) is 5.09. The highest BCUT2D eigenvalue weighted by Gasteiger charge is 2.20. The maximum absolute atomic E-state index is 6.14. The van der Waals surface area contributed by atoms with E-state index < -0.39 is 0 Å². The molecule has 1 aromatic carbocycles. The lowest BCUT2D eigenvalue weighted by molar-refractivity contribution is 0.111. The Morgan fingerprint density at radius 1 is 1.29 bits per heavy atom. The zero-order valence-corrected chi connectivity index (χ0v) is 13.5. The maximum atomic E-state index is 6.14. The van der Waals surface area contributed by atoms with Gasteiger partial charge in [0, 0.05) is 13.1 Å². The van der Waals surface area contributed by atoms with Crippen molar-refractivity contribution in [2.75, 3.05) is 33.8 Å². The number of ether oxygens (including phenoxy) is 2. The Balaban J connectivity index is 2.05. The molecule has 2 N–H and O–H groups in total. The molecule has 4 heteroatoms. The molecular formula is C17H28N2O2. The summed E-state index contributed by atoms with van der Waals surface area (Å²) in [6.07, 6.45) is 3.43. The Morgan fingerprint density at radius 3 is 2.62 bits per heavy atom. The molecule has 1 aromatic rings. The summed E-state index contributed by atoms with van der Waals surface area (Å²) in [4.78, 5) is 2.34. The molecule has 118 valence electrons. The number of hydrogen-bond acceptors (Lipinski definition) is 4. The van der Waals surface area contributed by atoms with Gasteiger partial charge in [-0.25, -0.2) is 0 Å². The monoisotopic (exact) mass is 292 g/mol. The van der Waals surface area contributed by atoms with E-state index in [0.29, 0.717) is 18.6 Å². The van der Waals surface area contributed by atoms with E-state index in [-0.39, 0.29) is 0 Å². The molecule has 0 aliphatic carbocycles. The fourth-order valence-corrected chi connectivity index (χ4v) is 2.79. The largest absolute Gasteiger partial charge is 0.493 e. The Morgan fingerprint density at radius 2 is 2.00 bits per heavy atom. The average molecular weight is 292 g/mol. The number of nitrogens with zero attached hydrogens (tertiary/aromatic N) is 1. The minimum Gasteiger partial charge on any atom is -0.493 e. The smallest absolute Gasteiger partial charge is 0.161 e. The van der Waals surface area contributed by atoms with Gasteiger partial charge in [-0.3, -0.25) is 0 Å². The first-order chi connectivity index (χ1) is 10.1. The van der Waals surface area contributed by atoms with Crippen LogP contribution in [0, 0.1) is 0 Å². The fourth-order valence-electron chi connectivity index (χ4n) is 2.79. The Bertz CT molecular complexity index is 442. The molecule has 1 fully saturated rings. The van der Waals surface area contributed by atoms with Gasteiger partial charge in [0.1, 0.15) is 6.10 Å². The van der Waals surface area contributed by atoms with Crippen LogP contribution in [0.3, 0.4) is 0 Å². The van der Waals surface area contributed by atoms with Crippen LogP contribution in [-0.2, 0) is 0 Å². The van der Waals surface area contributed by atoms with E-state index in [1.807, 2.05) is 6.07 Å². The number of methoxy groups -OCH3 is 1. The summed E-state index contributed by atoms with van der Waals surface area (Å²) < 4.78 is 11.7. The van der Waals surface area contributed by atoms with Crippen LogP contribution in [0.5, 0.6) is 11.5 Å². The molecular weight excluding hydrogens is 264 g/mol. The molecule has 0 radical (unpaired) electrons. The van der Waals surface area contributed by atoms with Crippen molar-refractivity contribution in [3.8, 4) is 11.5 Å². The van der Waals surface area contributed by atoms with Crippen LogP contribution in [0.25, 0.3) is 0 Å². The minimum absolute atomic E-state index is 0.294. The van der Waals surface area contributed by atoms with Gasteiger partial charge in [-0.15, -0.1) is 0 Å². The molecule has 0 spiro atoms. The van der Waals surface area contributed by atoms with E-state index >= 15 is 0 Å². The standard InChI is InChI=1S/C17H28N2O2/c1-13(6-9-18)14-4-5-16(17(12-14)20-3)21-15-7-10-19(2)11-8-15/h4-5,12-13,15H,6-11,18H2,1-3H3. The van der Waals surface area contributed by atoms with Gasteiger partial charge in [0.2, 0.25) is 0 Å². The highest BCUT2D eigenvalue weighted by Crippen LogP contribution is 2.33. The second-order valence-corrected chi connectivity index (χ2v) is 6.01. The molecule has 1 saturated heterocycles. The predicted octanol–water partition coefficient (Wildman–Crippen LogP) is 2.62. The van der Waals surface area contributed by atoms with Crippen molar-refractivity contribution in [3.05, 3.63) is 23.8 Å². The first-order valence-corrected chi connectivity index (χ1v) is 7.87. The van der Waals surface area contributed by atoms with Crippen molar-refractivity contribution in [1.82, 2.24) is 4.90 Å². The molecule has 21 heavy (non-hydrogen) atoms. The second-order valence-electron chi connectivity index (χ2n) is 6.01. The SMILES string of the molecule is COc1cc(C(C)CCN)ccc1OC1CCN(C)CC1. The molecule has 1 atom stereocenters. The van der Waals surface area contributed by atoms with E-state index in [9.17, 15) is 0 Å². The van der Waals surface area contributed by atoms with Crippen molar-refractivity contribution < 1.29 is 9.47 Å². The summed E-state index contributed by atoms with van der Waals surface area (Å²) in [7, 11) is 3.86. The number of piperidine rings is 1. The van der Waals surface area contributed by atoms with Crippen LogP contribution in [-0.4, -0.2) is 44.8 Å². The fraction of sp³-hybridized carbons (Fsp3) is 0.647. The Labute approximate surface area is 128 Å². The quantitative estimate of drug-likeness (QED) is 0.875. The lowest BCUT2D eigenvalue weighted by Gasteiger charge is -2.29. The van der Waals surface area contributed by atoms with Crippen LogP contribution in [0.2, 0.25) is 0 Å². The molecule has 1 heterocycles. The molecule has 2 rings (SSSR count). The number of rotatable bonds is 6. The van der Waals surface area contributed by atoms with Crippen molar-refractivity contribution in [2.45, 2.75) is 38.2 Å². The van der Waals surface area contributed by atoms with Crippen LogP contribution >= 0.6 is 0 Å². The third kappa shape index (κ3) is 4.35. The van der Waals surface area contributed by atoms with E-state index in [2.05, 4.69) is 31.0 Å². The normalized spacial score (nSPS) is 18.5. The average Bonchev–Trinajstić information content (AvgIpc) is 2.50. The number of benzene rings is 1. The Kier molecular flexibility index (Phi) is 5.88. The van der Waals surface area contributed by atoms with Gasteiger partial charge >= 0.3 is 0 Å². The van der Waals surface area contributed by atoms with E-state index in [1.54, 1.807) is 7.11 Å². The molecule has 0 saturated carbocycles. The van der Waals surface area contributed by atoms with Gasteiger partial charge in [0.25, 0.3) is 0 Å². The Hall–Kier alpha value is -1.26. The van der Waals surface area contributed by atoms with Crippen LogP contribution in [0.15, 0.2) is 18.2 Å². The van der Waals surface area contributed by atoms with Crippen molar-refractivity contribution in [3.63, 3.8) is 0 Å². The third-order valence-electron chi connectivity index (χ3n) is 4.32. The molecule has 0 bridgehead atoms. The zero-order chi connectivity index (χ0) is 15.2. The molecule has 0 aromatic heterocycles. The van der Waals surface area contributed by atoms with Crippen LogP contribution in [0.4, 0.5) is 0 Å². The van der Waals surface area contributed by atoms with Gasteiger partial charge in [-0.2, -0.15) is 0 Å². The highest BCUT2D eigenvalue weighted by molar-refractivity contribution is 5.44. The van der Waals surface area contributed by atoms with Crippen LogP contribution in [0.1, 0.15) is 37.7 Å².